The Morgan fingerprint density at radius 3 is 2.03 bits per heavy atom. The van der Waals surface area contributed by atoms with Crippen LogP contribution in [0.1, 0.15) is 136 Å². The number of carboxylic acid groups (broad SMARTS) is 1. The number of unbranched alkanes of at least 4 members (excludes halogenated alkanes) is 10. The minimum Gasteiger partial charge on any atom is -0.480 e. The first-order valence-corrected chi connectivity index (χ1v) is 14.5. The van der Waals surface area contributed by atoms with E-state index in [1.807, 2.05) is 0 Å². The average Bonchev–Trinajstić information content (AvgIpc) is 2.85. The average molecular weight is 508 g/mol. The molecule has 0 fully saturated rings. The number of carbonyl (C=O) groups excluding carboxylic acids is 2. The monoisotopic (exact) mass is 507 g/mol. The third kappa shape index (κ3) is 25.0. The van der Waals surface area contributed by atoms with Crippen molar-refractivity contribution in [1.82, 2.24) is 5.32 Å². The van der Waals surface area contributed by atoms with Crippen LogP contribution in [0, 0.1) is 0 Å². The van der Waals surface area contributed by atoms with Gasteiger partial charge in [0.05, 0.1) is 0 Å². The Bertz CT molecular complexity index is 614. The van der Waals surface area contributed by atoms with Crippen LogP contribution in [-0.4, -0.2) is 35.6 Å². The van der Waals surface area contributed by atoms with Crippen molar-refractivity contribution in [3.8, 4) is 0 Å². The first-order chi connectivity index (χ1) is 17.5. The zero-order valence-corrected chi connectivity index (χ0v) is 23.1. The molecule has 0 aliphatic carbocycles. The van der Waals surface area contributed by atoms with Crippen molar-refractivity contribution in [3.05, 3.63) is 24.3 Å². The highest BCUT2D eigenvalue weighted by Gasteiger charge is 2.14. The van der Waals surface area contributed by atoms with E-state index in [0.29, 0.717) is 19.3 Å². The van der Waals surface area contributed by atoms with Gasteiger partial charge in [-0.1, -0.05) is 83.1 Å². The number of hydrogen-bond acceptors (Lipinski definition) is 4. The standard InChI is InChI=1S/C30H53NO5/c1-3-5-7-8-9-10-11-12-13-14-15-16-21-25-30(35)36-27(22-18-6-4-2)23-19-17-20-24-28(32)31-26-29(33)34/h7-8,10-11,27H,3-6,9,12-26H2,1-2H3,(H,31,32)(H,33,34)/b8-7-,11-10-. The number of aliphatic carboxylic acids is 1. The minimum atomic E-state index is -1.03. The highest BCUT2D eigenvalue weighted by atomic mass is 16.5. The summed E-state index contributed by atoms with van der Waals surface area (Å²) >= 11 is 0. The molecule has 0 saturated carbocycles. The second kappa shape index (κ2) is 26.0. The topological polar surface area (TPSA) is 92.7 Å². The molecule has 1 unspecified atom stereocenters. The van der Waals surface area contributed by atoms with E-state index in [2.05, 4.69) is 43.5 Å². The lowest BCUT2D eigenvalue weighted by molar-refractivity contribution is -0.150. The molecule has 0 aromatic rings. The van der Waals surface area contributed by atoms with Crippen LogP contribution >= 0.6 is 0 Å². The molecular formula is C30H53NO5. The van der Waals surface area contributed by atoms with E-state index in [-0.39, 0.29) is 24.5 Å². The van der Waals surface area contributed by atoms with Gasteiger partial charge in [0.1, 0.15) is 12.6 Å². The van der Waals surface area contributed by atoms with Gasteiger partial charge in [0.25, 0.3) is 0 Å². The largest absolute Gasteiger partial charge is 0.480 e. The molecule has 0 saturated heterocycles. The van der Waals surface area contributed by atoms with Gasteiger partial charge < -0.3 is 15.2 Å². The van der Waals surface area contributed by atoms with E-state index in [1.165, 1.54) is 25.7 Å². The fraction of sp³-hybridized carbons (Fsp3) is 0.767. The second-order valence-corrected chi connectivity index (χ2v) is 9.65. The Labute approximate surface area is 220 Å². The predicted octanol–water partition coefficient (Wildman–Crippen LogP) is 7.66. The highest BCUT2D eigenvalue weighted by molar-refractivity contribution is 5.80. The summed E-state index contributed by atoms with van der Waals surface area (Å²) in [6, 6.07) is 0. The second-order valence-electron chi connectivity index (χ2n) is 9.65. The zero-order chi connectivity index (χ0) is 26.7. The number of esters is 1. The summed E-state index contributed by atoms with van der Waals surface area (Å²) in [7, 11) is 0. The lowest BCUT2D eigenvalue weighted by Crippen LogP contribution is -2.28. The number of nitrogens with one attached hydrogen (secondary N) is 1. The van der Waals surface area contributed by atoms with Crippen LogP contribution in [0.15, 0.2) is 24.3 Å². The predicted molar refractivity (Wildman–Crippen MR) is 148 cm³/mol. The Kier molecular flexibility index (Phi) is 24.4. The molecule has 36 heavy (non-hydrogen) atoms. The summed E-state index contributed by atoms with van der Waals surface area (Å²) in [5.41, 5.74) is 0. The zero-order valence-electron chi connectivity index (χ0n) is 23.1. The molecule has 1 amide bonds. The van der Waals surface area contributed by atoms with Crippen LogP contribution in [0.3, 0.4) is 0 Å². The number of rotatable bonds is 25. The summed E-state index contributed by atoms with van der Waals surface area (Å²) in [6.07, 6.45) is 27.5. The molecule has 0 bridgehead atoms. The Hall–Kier alpha value is -2.11. The van der Waals surface area contributed by atoms with E-state index >= 15 is 0 Å². The van der Waals surface area contributed by atoms with Crippen molar-refractivity contribution < 1.29 is 24.2 Å². The van der Waals surface area contributed by atoms with Gasteiger partial charge in [-0.3, -0.25) is 14.4 Å². The molecule has 0 aromatic heterocycles. The fourth-order valence-corrected chi connectivity index (χ4v) is 3.96. The van der Waals surface area contributed by atoms with E-state index in [9.17, 15) is 14.4 Å². The van der Waals surface area contributed by atoms with Gasteiger partial charge in [0, 0.05) is 12.8 Å². The van der Waals surface area contributed by atoms with E-state index in [0.717, 1.165) is 77.0 Å². The smallest absolute Gasteiger partial charge is 0.322 e. The molecular weight excluding hydrogens is 454 g/mol. The van der Waals surface area contributed by atoms with Gasteiger partial charge in [-0.15, -0.1) is 0 Å². The van der Waals surface area contributed by atoms with E-state index < -0.39 is 5.97 Å². The van der Waals surface area contributed by atoms with Crippen molar-refractivity contribution in [2.24, 2.45) is 0 Å². The highest BCUT2D eigenvalue weighted by Crippen LogP contribution is 2.17. The SMILES string of the molecule is CCC/C=C\C/C=C\CCCCCCCC(=O)OC(CCCCC)CCCCCC(=O)NCC(=O)O. The fourth-order valence-electron chi connectivity index (χ4n) is 3.96. The van der Waals surface area contributed by atoms with Crippen LogP contribution in [0.2, 0.25) is 0 Å². The molecule has 2 N–H and O–H groups in total. The molecule has 0 radical (unpaired) electrons. The molecule has 0 aliphatic heterocycles. The first-order valence-electron chi connectivity index (χ1n) is 14.5. The number of amides is 1. The Morgan fingerprint density at radius 2 is 1.33 bits per heavy atom. The molecule has 6 nitrogen and oxygen atoms in total. The normalized spacial score (nSPS) is 12.3. The minimum absolute atomic E-state index is 0.0338. The molecule has 1 atom stereocenters. The van der Waals surface area contributed by atoms with Crippen molar-refractivity contribution in [3.63, 3.8) is 0 Å². The number of hydrogen-bond donors (Lipinski definition) is 2. The van der Waals surface area contributed by atoms with Crippen molar-refractivity contribution in [2.75, 3.05) is 6.54 Å². The molecule has 208 valence electrons. The maximum absolute atomic E-state index is 12.4. The Balaban J connectivity index is 3.93. The third-order valence-corrected chi connectivity index (χ3v) is 6.11. The molecule has 0 spiro atoms. The van der Waals surface area contributed by atoms with Gasteiger partial charge in [-0.25, -0.2) is 0 Å². The third-order valence-electron chi connectivity index (χ3n) is 6.11. The quantitative estimate of drug-likeness (QED) is 0.0751. The first kappa shape index (κ1) is 33.9. The van der Waals surface area contributed by atoms with Gasteiger partial charge in [0.15, 0.2) is 0 Å². The van der Waals surface area contributed by atoms with Gasteiger partial charge >= 0.3 is 11.9 Å². The van der Waals surface area contributed by atoms with E-state index in [4.69, 9.17) is 9.84 Å². The maximum atomic E-state index is 12.4. The summed E-state index contributed by atoms with van der Waals surface area (Å²) < 4.78 is 5.80. The van der Waals surface area contributed by atoms with Crippen LogP contribution in [0.25, 0.3) is 0 Å². The van der Waals surface area contributed by atoms with Crippen molar-refractivity contribution in [2.45, 2.75) is 142 Å². The molecule has 0 aromatic carbocycles. The number of carbonyl (C=O) groups is 3. The molecule has 0 aliphatic rings. The number of allylic oxidation sites excluding steroid dienone is 4. The summed E-state index contributed by atoms with van der Waals surface area (Å²) in [4.78, 5) is 34.4. The summed E-state index contributed by atoms with van der Waals surface area (Å²) in [5.74, 6) is -1.34. The van der Waals surface area contributed by atoms with Crippen LogP contribution in [-0.2, 0) is 19.1 Å². The summed E-state index contributed by atoms with van der Waals surface area (Å²) in [5, 5.41) is 11.0. The van der Waals surface area contributed by atoms with Gasteiger partial charge in [-0.05, 0) is 64.2 Å². The molecule has 0 heterocycles. The Morgan fingerprint density at radius 1 is 0.722 bits per heavy atom. The lowest BCUT2D eigenvalue weighted by Gasteiger charge is -2.18. The maximum Gasteiger partial charge on any atom is 0.322 e. The van der Waals surface area contributed by atoms with Crippen molar-refractivity contribution in [1.29, 1.82) is 0 Å². The van der Waals surface area contributed by atoms with Crippen LogP contribution in [0.4, 0.5) is 0 Å². The molecule has 0 rings (SSSR count). The lowest BCUT2D eigenvalue weighted by atomic mass is 10.0. The van der Waals surface area contributed by atoms with Gasteiger partial charge in [0.2, 0.25) is 5.91 Å². The van der Waals surface area contributed by atoms with Crippen molar-refractivity contribution >= 4 is 17.8 Å². The summed E-state index contributed by atoms with van der Waals surface area (Å²) in [6.45, 7) is 4.03. The number of ether oxygens (including phenoxy) is 1. The van der Waals surface area contributed by atoms with Crippen LogP contribution < -0.4 is 5.32 Å². The van der Waals surface area contributed by atoms with Gasteiger partial charge in [-0.2, -0.15) is 0 Å². The number of carboxylic acids is 1. The van der Waals surface area contributed by atoms with E-state index in [1.54, 1.807) is 0 Å². The van der Waals surface area contributed by atoms with Crippen LogP contribution in [0.5, 0.6) is 0 Å². The molecule has 6 heteroatoms.